The predicted octanol–water partition coefficient (Wildman–Crippen LogP) is 4.50. The van der Waals surface area contributed by atoms with Gasteiger partial charge in [-0.1, -0.05) is 53.5 Å². The summed E-state index contributed by atoms with van der Waals surface area (Å²) in [5, 5.41) is 9.84. The van der Waals surface area contributed by atoms with Crippen LogP contribution in [0.1, 0.15) is 5.56 Å². The van der Waals surface area contributed by atoms with Crippen LogP contribution in [0.4, 0.5) is 0 Å². The van der Waals surface area contributed by atoms with Crippen molar-refractivity contribution in [2.75, 3.05) is 0 Å². The summed E-state index contributed by atoms with van der Waals surface area (Å²) in [6.07, 6.45) is 1.44. The van der Waals surface area contributed by atoms with Gasteiger partial charge in [-0.15, -0.1) is 0 Å². The predicted molar refractivity (Wildman–Crippen MR) is 79.1 cm³/mol. The van der Waals surface area contributed by atoms with Crippen LogP contribution in [0.5, 0.6) is 5.75 Å². The van der Waals surface area contributed by atoms with Gasteiger partial charge in [0.2, 0.25) is 5.76 Å². The number of aliphatic carboxylic acids is 1. The van der Waals surface area contributed by atoms with Crippen LogP contribution in [0.15, 0.2) is 54.3 Å². The van der Waals surface area contributed by atoms with Crippen LogP contribution < -0.4 is 4.74 Å². The molecule has 5 heteroatoms. The van der Waals surface area contributed by atoms with Crippen molar-refractivity contribution in [3.63, 3.8) is 0 Å². The fourth-order valence-corrected chi connectivity index (χ4v) is 1.79. The van der Waals surface area contributed by atoms with Crippen molar-refractivity contribution >= 4 is 35.2 Å². The molecule has 0 spiro atoms. The van der Waals surface area contributed by atoms with Crippen LogP contribution in [0.25, 0.3) is 6.08 Å². The molecular formula is C15H10Cl2O3. The number of benzene rings is 2. The molecule has 1 N–H and O–H groups in total. The van der Waals surface area contributed by atoms with Crippen molar-refractivity contribution in [2.45, 2.75) is 0 Å². The summed E-state index contributed by atoms with van der Waals surface area (Å²) in [6.45, 7) is 0. The van der Waals surface area contributed by atoms with E-state index in [1.165, 1.54) is 12.1 Å². The minimum atomic E-state index is -1.17. The Morgan fingerprint density at radius 2 is 1.75 bits per heavy atom. The molecule has 0 unspecified atom stereocenters. The van der Waals surface area contributed by atoms with Crippen molar-refractivity contribution in [2.24, 2.45) is 0 Å². The zero-order valence-electron chi connectivity index (χ0n) is 10.2. The zero-order chi connectivity index (χ0) is 14.5. The van der Waals surface area contributed by atoms with Gasteiger partial charge in [0.05, 0.1) is 10.0 Å². The van der Waals surface area contributed by atoms with Crippen LogP contribution in [0, 0.1) is 0 Å². The van der Waals surface area contributed by atoms with Crippen LogP contribution in [0.3, 0.4) is 0 Å². The van der Waals surface area contributed by atoms with Crippen LogP contribution >= 0.6 is 23.2 Å². The number of rotatable bonds is 4. The summed E-state index contributed by atoms with van der Waals surface area (Å²) in [6, 6.07) is 13.6. The molecule has 0 atom stereocenters. The first kappa shape index (κ1) is 14.4. The highest BCUT2D eigenvalue weighted by Crippen LogP contribution is 2.27. The SMILES string of the molecule is O=C(O)C(=Cc1ccccc1)Oc1ccc(Cl)c(Cl)c1. The third kappa shape index (κ3) is 3.76. The molecular weight excluding hydrogens is 299 g/mol. The van der Waals surface area contributed by atoms with Crippen LogP contribution in [-0.4, -0.2) is 11.1 Å². The van der Waals surface area contributed by atoms with Gasteiger partial charge in [-0.2, -0.15) is 0 Å². The number of ether oxygens (including phenoxy) is 1. The maximum atomic E-state index is 11.2. The molecule has 0 saturated heterocycles. The van der Waals surface area contributed by atoms with Gasteiger partial charge in [-0.3, -0.25) is 0 Å². The third-order valence-corrected chi connectivity index (χ3v) is 3.17. The summed E-state index contributed by atoms with van der Waals surface area (Å²) in [5.41, 5.74) is 0.727. The van der Waals surface area contributed by atoms with Gasteiger partial charge >= 0.3 is 5.97 Å². The van der Waals surface area contributed by atoms with E-state index in [4.69, 9.17) is 33.0 Å². The lowest BCUT2D eigenvalue weighted by atomic mass is 10.2. The monoisotopic (exact) mass is 308 g/mol. The first-order valence-electron chi connectivity index (χ1n) is 5.69. The van der Waals surface area contributed by atoms with Gasteiger partial charge in [-0.25, -0.2) is 4.79 Å². The maximum Gasteiger partial charge on any atom is 0.371 e. The number of hydrogen-bond acceptors (Lipinski definition) is 2. The second-order valence-electron chi connectivity index (χ2n) is 3.90. The lowest BCUT2D eigenvalue weighted by Gasteiger charge is -2.07. The molecule has 0 aliphatic carbocycles. The molecule has 0 saturated carbocycles. The molecule has 0 amide bonds. The number of halogens is 2. The van der Waals surface area contributed by atoms with Crippen molar-refractivity contribution in [1.82, 2.24) is 0 Å². The Labute approximate surface area is 126 Å². The first-order chi connectivity index (χ1) is 9.56. The van der Waals surface area contributed by atoms with Crippen molar-refractivity contribution in [3.8, 4) is 5.75 Å². The smallest absolute Gasteiger partial charge is 0.371 e. The molecule has 2 aromatic carbocycles. The minimum Gasteiger partial charge on any atom is -0.475 e. The Morgan fingerprint density at radius 3 is 2.35 bits per heavy atom. The third-order valence-electron chi connectivity index (χ3n) is 2.43. The van der Waals surface area contributed by atoms with Gasteiger partial charge in [-0.05, 0) is 23.8 Å². The van der Waals surface area contributed by atoms with E-state index in [2.05, 4.69) is 0 Å². The van der Waals surface area contributed by atoms with E-state index in [9.17, 15) is 4.79 Å². The molecule has 102 valence electrons. The second-order valence-corrected chi connectivity index (χ2v) is 4.72. The molecule has 20 heavy (non-hydrogen) atoms. The number of hydrogen-bond donors (Lipinski definition) is 1. The molecule has 0 aliphatic heterocycles. The number of carboxylic acids is 1. The van der Waals surface area contributed by atoms with Gasteiger partial charge in [0.25, 0.3) is 0 Å². The van der Waals surface area contributed by atoms with E-state index in [0.29, 0.717) is 15.8 Å². The van der Waals surface area contributed by atoms with Crippen molar-refractivity contribution < 1.29 is 14.6 Å². The molecule has 2 rings (SSSR count). The highest BCUT2D eigenvalue weighted by Gasteiger charge is 2.11. The first-order valence-corrected chi connectivity index (χ1v) is 6.45. The second kappa shape index (κ2) is 6.46. The fraction of sp³-hybridized carbons (Fsp3) is 0. The summed E-state index contributed by atoms with van der Waals surface area (Å²) in [5.74, 6) is -1.06. The Morgan fingerprint density at radius 1 is 1.05 bits per heavy atom. The lowest BCUT2D eigenvalue weighted by Crippen LogP contribution is -2.07. The molecule has 0 heterocycles. The topological polar surface area (TPSA) is 46.5 Å². The minimum absolute atomic E-state index is 0.199. The van der Waals surface area contributed by atoms with Gasteiger partial charge in [0.1, 0.15) is 5.75 Å². The summed E-state index contributed by atoms with van der Waals surface area (Å²) < 4.78 is 5.33. The number of carbonyl (C=O) groups is 1. The average Bonchev–Trinajstić information content (AvgIpc) is 2.43. The van der Waals surface area contributed by atoms with Gasteiger partial charge < -0.3 is 9.84 Å². The molecule has 0 aromatic heterocycles. The molecule has 0 radical (unpaired) electrons. The lowest BCUT2D eigenvalue weighted by molar-refractivity contribution is -0.134. The van der Waals surface area contributed by atoms with Crippen LogP contribution in [-0.2, 0) is 4.79 Å². The molecule has 0 bridgehead atoms. The van der Waals surface area contributed by atoms with E-state index in [1.54, 1.807) is 24.3 Å². The van der Waals surface area contributed by atoms with E-state index in [1.807, 2.05) is 18.2 Å². The van der Waals surface area contributed by atoms with E-state index in [-0.39, 0.29) is 5.76 Å². The quantitative estimate of drug-likeness (QED) is 0.668. The van der Waals surface area contributed by atoms with Crippen LogP contribution in [0.2, 0.25) is 10.0 Å². The van der Waals surface area contributed by atoms with Gasteiger partial charge in [0.15, 0.2) is 0 Å². The summed E-state index contributed by atoms with van der Waals surface area (Å²) in [4.78, 5) is 11.2. The Kier molecular flexibility index (Phi) is 4.66. The number of carboxylic acid groups (broad SMARTS) is 1. The fourth-order valence-electron chi connectivity index (χ4n) is 1.50. The Bertz CT molecular complexity index is 651. The normalized spacial score (nSPS) is 11.2. The highest BCUT2D eigenvalue weighted by atomic mass is 35.5. The van der Waals surface area contributed by atoms with Crippen molar-refractivity contribution in [3.05, 3.63) is 69.9 Å². The Balaban J connectivity index is 2.28. The summed E-state index contributed by atoms with van der Waals surface area (Å²) >= 11 is 11.6. The van der Waals surface area contributed by atoms with E-state index < -0.39 is 5.97 Å². The zero-order valence-corrected chi connectivity index (χ0v) is 11.7. The molecule has 2 aromatic rings. The summed E-state index contributed by atoms with van der Waals surface area (Å²) in [7, 11) is 0. The molecule has 0 aliphatic rings. The maximum absolute atomic E-state index is 11.2. The van der Waals surface area contributed by atoms with E-state index >= 15 is 0 Å². The Hall–Kier alpha value is -1.97. The largest absolute Gasteiger partial charge is 0.475 e. The van der Waals surface area contributed by atoms with E-state index in [0.717, 1.165) is 5.56 Å². The van der Waals surface area contributed by atoms with Gasteiger partial charge in [0, 0.05) is 6.07 Å². The van der Waals surface area contributed by atoms with Crippen molar-refractivity contribution in [1.29, 1.82) is 0 Å². The standard InChI is InChI=1S/C15H10Cl2O3/c16-12-7-6-11(9-13(12)17)20-14(15(18)19)8-10-4-2-1-3-5-10/h1-9H,(H,18,19). The molecule has 3 nitrogen and oxygen atoms in total. The molecule has 0 fully saturated rings. The average molecular weight is 309 g/mol. The highest BCUT2D eigenvalue weighted by molar-refractivity contribution is 6.42.